The number of fused-ring (bicyclic) bond motifs is 1. The number of aliphatic carboxylic acids is 1. The molecule has 7 rings (SSSR count). The molecule has 2 aromatic carbocycles. The number of carboxylic acid groups (broad SMARTS) is 1. The predicted octanol–water partition coefficient (Wildman–Crippen LogP) is 5.65. The molecule has 3 aliphatic heterocycles. The number of piperidine rings is 1. The van der Waals surface area contributed by atoms with E-state index in [0.29, 0.717) is 28.3 Å². The van der Waals surface area contributed by atoms with Gasteiger partial charge in [-0.25, -0.2) is 8.42 Å². The number of carboxylic acids is 1. The van der Waals surface area contributed by atoms with E-state index in [1.807, 2.05) is 12.1 Å². The van der Waals surface area contributed by atoms with E-state index in [-0.39, 0.29) is 22.6 Å². The largest absolute Gasteiger partial charge is 0.481 e. The first kappa shape index (κ1) is 32.3. The molecule has 3 fully saturated rings. The lowest BCUT2D eigenvalue weighted by atomic mass is 9.55. The van der Waals surface area contributed by atoms with E-state index in [1.54, 1.807) is 31.2 Å². The van der Waals surface area contributed by atoms with Crippen LogP contribution in [-0.4, -0.2) is 80.6 Å². The fourth-order valence-electron chi connectivity index (χ4n) is 9.69. The summed E-state index contributed by atoms with van der Waals surface area (Å²) in [5.74, 6) is 1.15. The van der Waals surface area contributed by atoms with Gasteiger partial charge in [-0.05, 0) is 118 Å². The predicted molar refractivity (Wildman–Crippen MR) is 183 cm³/mol. The van der Waals surface area contributed by atoms with Gasteiger partial charge in [0, 0.05) is 68.1 Å². The molecule has 9 heteroatoms. The standard InChI is InChI=1S/C38H48N4O4S/c1-27-20-34(14-17-39-27)47(45,46)33-12-10-32(11-13-33)42-23-28(24-42)22-41-18-15-31(16-19-41)38(35-9-5-7-29(35)21-37(43)44)26-40(2)25-30-6-3-4-8-36(30)38/h3-4,6,8,10-14,17,20,28-29,31,35H,5,7,9,15-16,18-19,21-26H2,1-2H3,(H,43,44). The minimum atomic E-state index is -3.57. The van der Waals surface area contributed by atoms with Crippen molar-refractivity contribution in [3.8, 4) is 0 Å². The number of pyridine rings is 1. The van der Waals surface area contributed by atoms with Crippen LogP contribution in [0.15, 0.2) is 76.7 Å². The minimum Gasteiger partial charge on any atom is -0.481 e. The van der Waals surface area contributed by atoms with Crippen molar-refractivity contribution < 1.29 is 18.3 Å². The number of nitrogens with zero attached hydrogens (tertiary/aromatic N) is 4. The molecule has 0 amide bonds. The summed E-state index contributed by atoms with van der Waals surface area (Å²) >= 11 is 0. The van der Waals surface area contributed by atoms with Crippen molar-refractivity contribution in [2.75, 3.05) is 51.2 Å². The van der Waals surface area contributed by atoms with Gasteiger partial charge in [-0.1, -0.05) is 30.7 Å². The summed E-state index contributed by atoms with van der Waals surface area (Å²) in [6, 6.07) is 19.5. The average Bonchev–Trinajstić information content (AvgIpc) is 3.50. The molecular weight excluding hydrogens is 609 g/mol. The fourth-order valence-corrected chi connectivity index (χ4v) is 11.0. The topological polar surface area (TPSA) is 94.0 Å². The molecule has 250 valence electrons. The van der Waals surface area contributed by atoms with Crippen molar-refractivity contribution in [3.05, 3.63) is 83.7 Å². The van der Waals surface area contributed by atoms with Gasteiger partial charge in [-0.2, -0.15) is 0 Å². The van der Waals surface area contributed by atoms with Gasteiger partial charge < -0.3 is 19.8 Å². The van der Waals surface area contributed by atoms with E-state index < -0.39 is 15.8 Å². The van der Waals surface area contributed by atoms with Crippen LogP contribution in [0.2, 0.25) is 0 Å². The van der Waals surface area contributed by atoms with Crippen LogP contribution in [0.5, 0.6) is 0 Å². The lowest BCUT2D eigenvalue weighted by Crippen LogP contribution is -2.57. The number of sulfone groups is 1. The zero-order chi connectivity index (χ0) is 32.8. The zero-order valence-corrected chi connectivity index (χ0v) is 28.5. The maximum absolute atomic E-state index is 13.1. The second kappa shape index (κ2) is 13.0. The van der Waals surface area contributed by atoms with Gasteiger partial charge >= 0.3 is 5.97 Å². The first-order valence-electron chi connectivity index (χ1n) is 17.4. The second-order valence-corrected chi connectivity index (χ2v) is 16.7. The van der Waals surface area contributed by atoms with Crippen molar-refractivity contribution in [2.24, 2.45) is 23.7 Å². The van der Waals surface area contributed by atoms with E-state index in [9.17, 15) is 18.3 Å². The highest BCUT2D eigenvalue weighted by Gasteiger charge is 2.54. The molecule has 1 aliphatic carbocycles. The first-order chi connectivity index (χ1) is 22.6. The van der Waals surface area contributed by atoms with Crippen molar-refractivity contribution >= 4 is 21.5 Å². The van der Waals surface area contributed by atoms with E-state index >= 15 is 0 Å². The highest BCUT2D eigenvalue weighted by molar-refractivity contribution is 7.91. The third-order valence-electron chi connectivity index (χ3n) is 11.7. The van der Waals surface area contributed by atoms with Crippen LogP contribution >= 0.6 is 0 Å². The number of likely N-dealkylation sites (tertiary alicyclic amines) is 1. The van der Waals surface area contributed by atoms with Crippen LogP contribution in [0.4, 0.5) is 5.69 Å². The van der Waals surface area contributed by atoms with E-state index in [0.717, 1.165) is 83.6 Å². The van der Waals surface area contributed by atoms with E-state index in [4.69, 9.17) is 0 Å². The first-order valence-corrected chi connectivity index (χ1v) is 18.9. The van der Waals surface area contributed by atoms with Crippen LogP contribution in [0, 0.1) is 30.6 Å². The van der Waals surface area contributed by atoms with Gasteiger partial charge in [0.25, 0.3) is 0 Å². The van der Waals surface area contributed by atoms with Crippen molar-refractivity contribution in [2.45, 2.75) is 67.2 Å². The summed E-state index contributed by atoms with van der Waals surface area (Å²) < 4.78 is 26.2. The normalized spacial score (nSPS) is 26.2. The van der Waals surface area contributed by atoms with Gasteiger partial charge in [-0.3, -0.25) is 9.78 Å². The third kappa shape index (κ3) is 6.22. The van der Waals surface area contributed by atoms with Crippen LogP contribution in [-0.2, 0) is 26.6 Å². The Bertz CT molecular complexity index is 1700. The molecule has 8 nitrogen and oxygen atoms in total. The molecular formula is C38H48N4O4S. The number of likely N-dealkylation sites (N-methyl/N-ethyl adjacent to an activating group) is 1. The lowest BCUT2D eigenvalue weighted by Gasteiger charge is -2.55. The molecule has 1 saturated carbocycles. The number of aromatic nitrogens is 1. The summed E-state index contributed by atoms with van der Waals surface area (Å²) in [6.45, 7) is 9.02. The smallest absolute Gasteiger partial charge is 0.303 e. The van der Waals surface area contributed by atoms with E-state index in [1.165, 1.54) is 17.3 Å². The molecule has 1 aromatic heterocycles. The Labute approximate surface area is 279 Å². The molecule has 4 aliphatic rings. The maximum atomic E-state index is 13.1. The highest BCUT2D eigenvalue weighted by atomic mass is 32.2. The lowest BCUT2D eigenvalue weighted by molar-refractivity contribution is -0.138. The van der Waals surface area contributed by atoms with E-state index in [2.05, 4.69) is 51.0 Å². The Morgan fingerprint density at radius 1 is 0.979 bits per heavy atom. The van der Waals surface area contributed by atoms with Gasteiger partial charge in [0.05, 0.1) is 9.79 Å². The summed E-state index contributed by atoms with van der Waals surface area (Å²) in [5, 5.41) is 9.82. The fraction of sp³-hybridized carbons (Fsp3) is 0.526. The molecule has 2 saturated heterocycles. The van der Waals surface area contributed by atoms with Crippen LogP contribution in [0.3, 0.4) is 0 Å². The van der Waals surface area contributed by atoms with Crippen LogP contribution < -0.4 is 4.90 Å². The number of hydrogen-bond acceptors (Lipinski definition) is 7. The number of anilines is 1. The Morgan fingerprint density at radius 3 is 2.45 bits per heavy atom. The van der Waals surface area contributed by atoms with Gasteiger partial charge in [0.2, 0.25) is 9.84 Å². The number of carbonyl (C=O) groups is 1. The number of rotatable bonds is 9. The molecule has 3 unspecified atom stereocenters. The molecule has 3 aromatic rings. The van der Waals surface area contributed by atoms with Gasteiger partial charge in [0.1, 0.15) is 0 Å². The quantitative estimate of drug-likeness (QED) is 0.316. The highest BCUT2D eigenvalue weighted by Crippen LogP contribution is 2.55. The minimum absolute atomic E-state index is 0.00937. The zero-order valence-electron chi connectivity index (χ0n) is 27.7. The van der Waals surface area contributed by atoms with Crippen LogP contribution in [0.1, 0.15) is 55.3 Å². The van der Waals surface area contributed by atoms with Gasteiger partial charge in [-0.15, -0.1) is 0 Å². The molecule has 0 bridgehead atoms. The Morgan fingerprint density at radius 2 is 1.72 bits per heavy atom. The number of aryl methyl sites for hydroxylation is 1. The Hall–Kier alpha value is -3.27. The van der Waals surface area contributed by atoms with Crippen molar-refractivity contribution in [1.82, 2.24) is 14.8 Å². The second-order valence-electron chi connectivity index (χ2n) is 14.7. The number of benzene rings is 2. The Balaban J connectivity index is 0.991. The summed E-state index contributed by atoms with van der Waals surface area (Å²) in [4.78, 5) is 24.1. The summed E-state index contributed by atoms with van der Waals surface area (Å²) in [7, 11) is -1.32. The van der Waals surface area contributed by atoms with Gasteiger partial charge in [0.15, 0.2) is 0 Å². The van der Waals surface area contributed by atoms with Crippen LogP contribution in [0.25, 0.3) is 0 Å². The molecule has 1 N–H and O–H groups in total. The molecule has 4 heterocycles. The molecule has 47 heavy (non-hydrogen) atoms. The monoisotopic (exact) mass is 656 g/mol. The molecule has 0 spiro atoms. The molecule has 0 radical (unpaired) electrons. The third-order valence-corrected chi connectivity index (χ3v) is 13.5. The van der Waals surface area contributed by atoms with Crippen molar-refractivity contribution in [3.63, 3.8) is 0 Å². The summed E-state index contributed by atoms with van der Waals surface area (Å²) in [5.41, 5.74) is 4.69. The Kier molecular flexibility index (Phi) is 8.91. The average molecular weight is 657 g/mol. The number of hydrogen-bond donors (Lipinski definition) is 1. The molecule has 3 atom stereocenters. The SMILES string of the molecule is Cc1cc(S(=O)(=O)c2ccc(N3CC(CN4CCC(C5(C6CCCC6CC(=O)O)CN(C)Cc6ccccc65)CC4)C3)cc2)ccn1. The maximum Gasteiger partial charge on any atom is 0.303 e. The van der Waals surface area contributed by atoms with Crippen molar-refractivity contribution in [1.29, 1.82) is 0 Å². The summed E-state index contributed by atoms with van der Waals surface area (Å²) in [6.07, 6.45) is 7.44.